The van der Waals surface area contributed by atoms with Gasteiger partial charge in [-0.1, -0.05) is 0 Å². The van der Waals surface area contributed by atoms with Crippen molar-refractivity contribution in [3.63, 3.8) is 0 Å². The van der Waals surface area contributed by atoms with Crippen LogP contribution in [0.15, 0.2) is 0 Å². The summed E-state index contributed by atoms with van der Waals surface area (Å²) >= 11 is 0. The van der Waals surface area contributed by atoms with Crippen LogP contribution in [0.3, 0.4) is 0 Å². The van der Waals surface area contributed by atoms with Crippen molar-refractivity contribution in [3.05, 3.63) is 0 Å². The molecule has 0 aromatic carbocycles. The third kappa shape index (κ3) is 26.0. The average Bonchev–Trinajstić information content (AvgIpc) is 2.87. The number of carbonyl (C=O) groups is 4. The minimum Gasteiger partial charge on any atom is -0.377 e. The lowest BCUT2D eigenvalue weighted by molar-refractivity contribution is -0.127. The van der Waals surface area contributed by atoms with Gasteiger partial charge in [0.15, 0.2) is 0 Å². The van der Waals surface area contributed by atoms with Gasteiger partial charge in [0.25, 0.3) is 0 Å². The van der Waals surface area contributed by atoms with Gasteiger partial charge in [0, 0.05) is 32.5 Å². The van der Waals surface area contributed by atoms with Crippen LogP contribution in [0.1, 0.15) is 12.8 Å². The van der Waals surface area contributed by atoms with Crippen LogP contribution in [-0.4, -0.2) is 123 Å². The summed E-state index contributed by atoms with van der Waals surface area (Å²) < 4.78 is 31.1. The monoisotopic (exact) mass is 517 g/mol. The van der Waals surface area contributed by atoms with Gasteiger partial charge in [0.1, 0.15) is 26.1 Å². The molecule has 3 amide bonds. The van der Waals surface area contributed by atoms with Gasteiger partial charge in [-0.2, -0.15) is 0 Å². The summed E-state index contributed by atoms with van der Waals surface area (Å²) in [7, 11) is 0. The van der Waals surface area contributed by atoms with Crippen molar-refractivity contribution in [2.24, 2.45) is 0 Å². The Morgan fingerprint density at radius 3 is 1.47 bits per heavy atom. The Hall–Kier alpha value is -2.60. The van der Waals surface area contributed by atoms with Crippen LogP contribution in [-0.2, 0) is 47.6 Å². The van der Waals surface area contributed by atoms with Crippen molar-refractivity contribution in [3.8, 4) is 12.3 Å². The van der Waals surface area contributed by atoms with Crippen molar-refractivity contribution in [1.82, 2.24) is 16.0 Å². The predicted octanol–water partition coefficient (Wildman–Crippen LogP) is -1.95. The number of amides is 3. The SMILES string of the molecule is C#CCCC(=O)NCCOCCOCC(=O)NCCOCCOCC(=O)NCCOCCOCC=O. The zero-order chi connectivity index (χ0) is 26.5. The smallest absolute Gasteiger partial charge is 0.246 e. The Kier molecular flexibility index (Phi) is 25.0. The molecule has 36 heavy (non-hydrogen) atoms. The Balaban J connectivity index is 3.31. The number of ether oxygens (including phenoxy) is 6. The molecule has 0 unspecified atom stereocenters. The van der Waals surface area contributed by atoms with E-state index < -0.39 is 0 Å². The number of rotatable bonds is 26. The van der Waals surface area contributed by atoms with Gasteiger partial charge in [0.05, 0.1) is 59.5 Å². The maximum atomic E-state index is 11.6. The van der Waals surface area contributed by atoms with Gasteiger partial charge in [-0.3, -0.25) is 14.4 Å². The molecule has 0 aliphatic heterocycles. The van der Waals surface area contributed by atoms with E-state index in [1.54, 1.807) is 0 Å². The fourth-order valence-electron chi connectivity index (χ4n) is 2.28. The summed E-state index contributed by atoms with van der Waals surface area (Å²) in [5, 5.41) is 7.96. The van der Waals surface area contributed by atoms with Crippen LogP contribution >= 0.6 is 0 Å². The number of hydrogen-bond donors (Lipinski definition) is 3. The van der Waals surface area contributed by atoms with Gasteiger partial charge in [-0.05, 0) is 0 Å². The molecule has 0 fully saturated rings. The summed E-state index contributed by atoms with van der Waals surface area (Å²) in [6.45, 7) is 3.64. The minimum atomic E-state index is -0.273. The van der Waals surface area contributed by atoms with E-state index in [0.717, 1.165) is 0 Å². The van der Waals surface area contributed by atoms with Crippen LogP contribution in [0.4, 0.5) is 0 Å². The normalized spacial score (nSPS) is 10.4. The predicted molar refractivity (Wildman–Crippen MR) is 128 cm³/mol. The zero-order valence-electron chi connectivity index (χ0n) is 20.8. The summed E-state index contributed by atoms with van der Waals surface area (Å²) in [6.07, 6.45) is 6.46. The molecule has 0 saturated carbocycles. The maximum Gasteiger partial charge on any atom is 0.246 e. The standard InChI is InChI=1S/C23H39N3O10/c1-2-3-4-21(28)24-5-9-32-15-17-35-20-23(30)26-7-11-33-16-18-36-19-22(29)25-6-10-31-13-14-34-12-8-27/h1,8H,3-7,9-20H2,(H,24,28)(H,25,29)(H,26,30). The second-order valence-corrected chi connectivity index (χ2v) is 6.94. The van der Waals surface area contributed by atoms with Crippen LogP contribution in [0.5, 0.6) is 0 Å². The van der Waals surface area contributed by atoms with E-state index in [4.69, 9.17) is 34.8 Å². The van der Waals surface area contributed by atoms with Gasteiger partial charge in [0.2, 0.25) is 17.7 Å². The van der Waals surface area contributed by atoms with Crippen LogP contribution in [0, 0.1) is 12.3 Å². The molecule has 0 aromatic rings. The van der Waals surface area contributed by atoms with Crippen molar-refractivity contribution >= 4 is 24.0 Å². The van der Waals surface area contributed by atoms with Crippen LogP contribution < -0.4 is 16.0 Å². The summed E-state index contributed by atoms with van der Waals surface area (Å²) in [4.78, 5) is 44.6. The van der Waals surface area contributed by atoms with E-state index in [9.17, 15) is 19.2 Å². The van der Waals surface area contributed by atoms with Crippen molar-refractivity contribution in [1.29, 1.82) is 0 Å². The molecule has 13 nitrogen and oxygen atoms in total. The minimum absolute atomic E-state index is 0.0440. The number of hydrogen-bond acceptors (Lipinski definition) is 10. The van der Waals surface area contributed by atoms with E-state index in [1.165, 1.54) is 0 Å². The molecular formula is C23H39N3O10. The molecule has 3 N–H and O–H groups in total. The quantitative estimate of drug-likeness (QED) is 0.0668. The number of aldehydes is 1. The summed E-state index contributed by atoms with van der Waals surface area (Å²) in [5.74, 6) is 1.74. The molecule has 0 saturated heterocycles. The number of nitrogens with one attached hydrogen (secondary N) is 3. The molecule has 13 heteroatoms. The van der Waals surface area contributed by atoms with E-state index in [1.807, 2.05) is 0 Å². The van der Waals surface area contributed by atoms with Crippen molar-refractivity contribution in [2.75, 3.05) is 98.9 Å². The van der Waals surface area contributed by atoms with Crippen LogP contribution in [0.2, 0.25) is 0 Å². The number of carbonyl (C=O) groups excluding carboxylic acids is 4. The first-order valence-electron chi connectivity index (χ1n) is 11.7. The Morgan fingerprint density at radius 1 is 0.611 bits per heavy atom. The first kappa shape index (κ1) is 33.4. The second-order valence-electron chi connectivity index (χ2n) is 6.94. The molecule has 0 spiro atoms. The highest BCUT2D eigenvalue weighted by molar-refractivity contribution is 5.77. The molecule has 0 radical (unpaired) electrons. The van der Waals surface area contributed by atoms with E-state index in [2.05, 4.69) is 21.9 Å². The molecule has 0 aromatic heterocycles. The molecule has 206 valence electrons. The third-order valence-electron chi connectivity index (χ3n) is 3.97. The van der Waals surface area contributed by atoms with Crippen LogP contribution in [0.25, 0.3) is 0 Å². The molecule has 0 heterocycles. The first-order chi connectivity index (χ1) is 17.6. The Morgan fingerprint density at radius 2 is 1.03 bits per heavy atom. The summed E-state index contributed by atoms with van der Waals surface area (Å²) in [5.41, 5.74) is 0. The molecule has 0 aliphatic rings. The average molecular weight is 518 g/mol. The molecular weight excluding hydrogens is 478 g/mol. The molecule has 0 aliphatic carbocycles. The molecule has 0 bridgehead atoms. The summed E-state index contributed by atoms with van der Waals surface area (Å²) in [6, 6.07) is 0. The second kappa shape index (κ2) is 27.0. The lowest BCUT2D eigenvalue weighted by atomic mass is 10.3. The van der Waals surface area contributed by atoms with Crippen molar-refractivity contribution in [2.45, 2.75) is 12.8 Å². The lowest BCUT2D eigenvalue weighted by Crippen LogP contribution is -2.32. The lowest BCUT2D eigenvalue weighted by Gasteiger charge is -2.09. The fraction of sp³-hybridized carbons (Fsp3) is 0.739. The van der Waals surface area contributed by atoms with Gasteiger partial charge in [-0.15, -0.1) is 12.3 Å². The molecule has 0 atom stereocenters. The largest absolute Gasteiger partial charge is 0.377 e. The topological polar surface area (TPSA) is 160 Å². The number of terminal acetylenes is 1. The van der Waals surface area contributed by atoms with Gasteiger partial charge < -0.3 is 49.2 Å². The van der Waals surface area contributed by atoms with E-state index in [0.29, 0.717) is 78.4 Å². The van der Waals surface area contributed by atoms with Gasteiger partial charge >= 0.3 is 0 Å². The van der Waals surface area contributed by atoms with E-state index >= 15 is 0 Å². The molecule has 0 rings (SSSR count). The highest BCUT2D eigenvalue weighted by atomic mass is 16.5. The fourth-order valence-corrected chi connectivity index (χ4v) is 2.28. The van der Waals surface area contributed by atoms with E-state index in [-0.39, 0.29) is 57.4 Å². The highest BCUT2D eigenvalue weighted by Crippen LogP contribution is 1.86. The van der Waals surface area contributed by atoms with Gasteiger partial charge in [-0.25, -0.2) is 0 Å². The Labute approximate surface area is 212 Å². The maximum absolute atomic E-state index is 11.6. The third-order valence-corrected chi connectivity index (χ3v) is 3.97. The highest BCUT2D eigenvalue weighted by Gasteiger charge is 2.03. The zero-order valence-corrected chi connectivity index (χ0v) is 20.8. The first-order valence-corrected chi connectivity index (χ1v) is 11.7. The Bertz CT molecular complexity index is 628. The van der Waals surface area contributed by atoms with Crippen molar-refractivity contribution < 1.29 is 47.6 Å².